The molecule has 3 N–H and O–H groups in total. The minimum absolute atomic E-state index is 0.0183. The molecule has 0 aliphatic heterocycles. The second-order valence-corrected chi connectivity index (χ2v) is 8.71. The van der Waals surface area contributed by atoms with Crippen LogP contribution in [0, 0.1) is 13.8 Å². The van der Waals surface area contributed by atoms with E-state index in [1.807, 2.05) is 30.3 Å². The second kappa shape index (κ2) is 9.99. The van der Waals surface area contributed by atoms with Gasteiger partial charge in [-0.15, -0.1) is 0 Å². The molecule has 2 heterocycles. The van der Waals surface area contributed by atoms with Crippen molar-refractivity contribution in [2.24, 2.45) is 0 Å². The maximum atomic E-state index is 13.7. The number of nitrogens with zero attached hydrogens (tertiary/aromatic N) is 2. The Balaban J connectivity index is 1.78. The first-order chi connectivity index (χ1) is 16.3. The van der Waals surface area contributed by atoms with Gasteiger partial charge in [0.15, 0.2) is 5.69 Å². The number of rotatable bonds is 7. The molecule has 8 nitrogen and oxygen atoms in total. The van der Waals surface area contributed by atoms with Crippen LogP contribution < -0.4 is 21.9 Å². The van der Waals surface area contributed by atoms with Crippen molar-refractivity contribution in [3.05, 3.63) is 91.5 Å². The molecule has 0 saturated carbocycles. The molecule has 34 heavy (non-hydrogen) atoms. The molecule has 0 bridgehead atoms. The number of allylic oxidation sites excluding steroid dienone is 1. The van der Waals surface area contributed by atoms with Crippen molar-refractivity contribution in [2.75, 3.05) is 17.2 Å². The van der Waals surface area contributed by atoms with Crippen LogP contribution in [0.1, 0.15) is 59.5 Å². The van der Waals surface area contributed by atoms with Crippen molar-refractivity contribution < 1.29 is 9.21 Å². The number of amides is 1. The lowest BCUT2D eigenvalue weighted by Crippen LogP contribution is -2.42. The van der Waals surface area contributed by atoms with E-state index in [9.17, 15) is 14.4 Å². The summed E-state index contributed by atoms with van der Waals surface area (Å²) in [7, 11) is 0. The first kappa shape index (κ1) is 23.4. The van der Waals surface area contributed by atoms with E-state index in [1.54, 1.807) is 19.9 Å². The molecule has 0 spiro atoms. The highest BCUT2D eigenvalue weighted by molar-refractivity contribution is 6.08. The number of nitrogens with two attached hydrogens (primary N) is 1. The van der Waals surface area contributed by atoms with Gasteiger partial charge in [-0.3, -0.25) is 19.1 Å². The molecule has 1 amide bonds. The maximum Gasteiger partial charge on any atom is 0.330 e. The van der Waals surface area contributed by atoms with Crippen LogP contribution in [0.3, 0.4) is 0 Å². The van der Waals surface area contributed by atoms with E-state index in [4.69, 9.17) is 10.2 Å². The number of hydrogen-bond acceptors (Lipinski definition) is 5. The van der Waals surface area contributed by atoms with E-state index in [1.165, 1.54) is 15.0 Å². The summed E-state index contributed by atoms with van der Waals surface area (Å²) in [6.45, 7) is 3.92. The molecule has 0 saturated heterocycles. The lowest BCUT2D eigenvalue weighted by Gasteiger charge is -2.25. The fourth-order valence-corrected chi connectivity index (χ4v) is 4.45. The first-order valence-electron chi connectivity index (χ1n) is 11.6. The highest BCUT2D eigenvalue weighted by Crippen LogP contribution is 2.26. The summed E-state index contributed by atoms with van der Waals surface area (Å²) < 4.78 is 6.86. The summed E-state index contributed by atoms with van der Waals surface area (Å²) in [4.78, 5) is 43.1. The van der Waals surface area contributed by atoms with E-state index in [0.717, 1.165) is 31.2 Å². The number of aryl methyl sites for hydroxylation is 2. The Kier molecular flexibility index (Phi) is 6.86. The summed E-state index contributed by atoms with van der Waals surface area (Å²) >= 11 is 0. The third kappa shape index (κ3) is 4.90. The lowest BCUT2D eigenvalue weighted by molar-refractivity contribution is 0.0985. The van der Waals surface area contributed by atoms with Gasteiger partial charge in [-0.25, -0.2) is 4.79 Å². The first-order valence-corrected chi connectivity index (χ1v) is 11.6. The molecule has 0 atom stereocenters. The standard InChI is InChI=1S/C26H30N4O4/c1-17-15-21(18(2)34-17)25(32)29(14-13-19-9-5-3-6-10-19)22-23(27)30(26(33)28-24(22)31)16-20-11-7-4-8-12-20/h4,7-9,11-12,15H,3,5-6,10,13-14,16,27H2,1-2H3,(H,28,31,33). The van der Waals surface area contributed by atoms with Gasteiger partial charge >= 0.3 is 5.69 Å². The Morgan fingerprint density at radius 2 is 1.94 bits per heavy atom. The van der Waals surface area contributed by atoms with Gasteiger partial charge in [0.25, 0.3) is 11.5 Å². The van der Waals surface area contributed by atoms with Crippen molar-refractivity contribution in [1.29, 1.82) is 0 Å². The monoisotopic (exact) mass is 462 g/mol. The van der Waals surface area contributed by atoms with Crippen molar-refractivity contribution in [1.82, 2.24) is 9.55 Å². The Morgan fingerprint density at radius 3 is 2.59 bits per heavy atom. The van der Waals surface area contributed by atoms with Gasteiger partial charge in [-0.05, 0) is 57.6 Å². The van der Waals surface area contributed by atoms with Crippen molar-refractivity contribution in [3.63, 3.8) is 0 Å². The molecule has 178 valence electrons. The van der Waals surface area contributed by atoms with Crippen molar-refractivity contribution >= 4 is 17.4 Å². The molecule has 1 aliphatic carbocycles. The summed E-state index contributed by atoms with van der Waals surface area (Å²) in [6.07, 6.45) is 7.11. The van der Waals surface area contributed by atoms with Crippen LogP contribution in [-0.4, -0.2) is 22.0 Å². The van der Waals surface area contributed by atoms with Gasteiger partial charge in [0, 0.05) is 6.54 Å². The van der Waals surface area contributed by atoms with Gasteiger partial charge in [0.1, 0.15) is 17.3 Å². The average Bonchev–Trinajstić information content (AvgIpc) is 3.17. The highest BCUT2D eigenvalue weighted by atomic mass is 16.3. The van der Waals surface area contributed by atoms with E-state index in [-0.39, 0.29) is 30.5 Å². The number of H-pyrrole nitrogens is 1. The minimum atomic E-state index is -0.685. The Hall–Kier alpha value is -3.81. The van der Waals surface area contributed by atoms with Crippen LogP contribution in [0.2, 0.25) is 0 Å². The number of nitrogens with one attached hydrogen (secondary N) is 1. The van der Waals surface area contributed by atoms with Crippen molar-refractivity contribution in [2.45, 2.75) is 52.5 Å². The Labute approximate surface area is 197 Å². The predicted octanol–water partition coefficient (Wildman–Crippen LogP) is 3.91. The van der Waals surface area contributed by atoms with Gasteiger partial charge < -0.3 is 15.1 Å². The van der Waals surface area contributed by atoms with E-state index < -0.39 is 11.2 Å². The molecule has 1 aromatic carbocycles. The van der Waals surface area contributed by atoms with Crippen LogP contribution >= 0.6 is 0 Å². The third-order valence-electron chi connectivity index (χ3n) is 6.23. The molecular formula is C26H30N4O4. The fourth-order valence-electron chi connectivity index (χ4n) is 4.45. The van der Waals surface area contributed by atoms with Crippen molar-refractivity contribution in [3.8, 4) is 0 Å². The van der Waals surface area contributed by atoms with Crippen LogP contribution in [0.15, 0.2) is 62.1 Å². The van der Waals surface area contributed by atoms with Gasteiger partial charge in [-0.1, -0.05) is 42.0 Å². The molecular weight excluding hydrogens is 432 g/mol. The molecule has 1 aliphatic rings. The number of nitrogen functional groups attached to an aromatic ring is 1. The average molecular weight is 463 g/mol. The van der Waals surface area contributed by atoms with Crippen LogP contribution in [0.25, 0.3) is 0 Å². The van der Waals surface area contributed by atoms with Gasteiger partial charge in [-0.2, -0.15) is 0 Å². The number of benzene rings is 1. The molecule has 4 rings (SSSR count). The Bertz CT molecular complexity index is 1330. The SMILES string of the molecule is Cc1cc(C(=O)N(CCC2=CCCCC2)c2c(N)n(Cc3ccccc3)c(=O)[nH]c2=O)c(C)o1. The Morgan fingerprint density at radius 1 is 1.18 bits per heavy atom. The van der Waals surface area contributed by atoms with Crippen LogP contribution in [-0.2, 0) is 6.54 Å². The predicted molar refractivity (Wildman–Crippen MR) is 132 cm³/mol. The molecule has 0 fully saturated rings. The number of furan rings is 1. The van der Waals surface area contributed by atoms with E-state index >= 15 is 0 Å². The highest BCUT2D eigenvalue weighted by Gasteiger charge is 2.28. The molecule has 0 radical (unpaired) electrons. The number of carbonyl (C=O) groups excluding carboxylic acids is 1. The number of carbonyl (C=O) groups is 1. The zero-order valence-electron chi connectivity index (χ0n) is 19.6. The lowest BCUT2D eigenvalue weighted by atomic mass is 9.97. The molecule has 2 aromatic heterocycles. The minimum Gasteiger partial charge on any atom is -0.466 e. The number of anilines is 2. The number of hydrogen-bond donors (Lipinski definition) is 2. The largest absolute Gasteiger partial charge is 0.466 e. The normalized spacial score (nSPS) is 13.5. The van der Waals surface area contributed by atoms with E-state index in [0.29, 0.717) is 23.5 Å². The van der Waals surface area contributed by atoms with Crippen LogP contribution in [0.4, 0.5) is 11.5 Å². The fraction of sp³-hybridized carbons (Fsp3) is 0.346. The van der Waals surface area contributed by atoms with E-state index in [2.05, 4.69) is 11.1 Å². The summed E-state index contributed by atoms with van der Waals surface area (Å²) in [5.74, 6) is 0.651. The summed E-state index contributed by atoms with van der Waals surface area (Å²) in [5, 5.41) is 0. The second-order valence-electron chi connectivity index (χ2n) is 8.71. The summed E-state index contributed by atoms with van der Waals surface area (Å²) in [6, 6.07) is 11.0. The van der Waals surface area contributed by atoms with Gasteiger partial charge in [0.05, 0.1) is 12.1 Å². The molecule has 8 heteroatoms. The topological polar surface area (TPSA) is 114 Å². The van der Waals surface area contributed by atoms with Gasteiger partial charge in [0.2, 0.25) is 0 Å². The molecule has 3 aromatic rings. The smallest absolute Gasteiger partial charge is 0.330 e. The zero-order valence-corrected chi connectivity index (χ0v) is 19.6. The van der Waals surface area contributed by atoms with Crippen LogP contribution in [0.5, 0.6) is 0 Å². The third-order valence-corrected chi connectivity index (χ3v) is 6.23. The molecule has 0 unspecified atom stereocenters. The summed E-state index contributed by atoms with van der Waals surface area (Å²) in [5.41, 5.74) is 7.57. The zero-order chi connectivity index (χ0) is 24.2. The maximum absolute atomic E-state index is 13.7. The number of aromatic nitrogens is 2. The quantitative estimate of drug-likeness (QED) is 0.517. The number of aromatic amines is 1.